The summed E-state index contributed by atoms with van der Waals surface area (Å²) in [4.78, 5) is 3.98. The largest absolute Gasteiger partial charge is 0.375 e. The third-order valence-corrected chi connectivity index (χ3v) is 2.41. The van der Waals surface area contributed by atoms with Crippen molar-refractivity contribution in [2.45, 2.75) is 25.4 Å². The molecule has 1 aliphatic rings. The molecule has 1 aromatic heterocycles. The van der Waals surface area contributed by atoms with E-state index in [1.807, 2.05) is 24.5 Å². The zero-order valence-corrected chi connectivity index (χ0v) is 7.29. The van der Waals surface area contributed by atoms with Crippen molar-refractivity contribution in [3.8, 4) is 0 Å². The molecule has 0 bridgehead atoms. The maximum absolute atomic E-state index is 5.50. The summed E-state index contributed by atoms with van der Waals surface area (Å²) in [5.41, 5.74) is 1.41. The second-order valence-corrected chi connectivity index (χ2v) is 3.58. The van der Waals surface area contributed by atoms with Gasteiger partial charge in [-0.25, -0.2) is 0 Å². The number of hydrogen-bond acceptors (Lipinski definition) is 2. The Morgan fingerprint density at radius 2 is 2.17 bits per heavy atom. The molecule has 2 heterocycles. The van der Waals surface area contributed by atoms with E-state index in [1.54, 1.807) is 0 Å². The smallest absolute Gasteiger partial charge is 0.0716 e. The average molecular weight is 163 g/mol. The fourth-order valence-corrected chi connectivity index (χ4v) is 1.52. The van der Waals surface area contributed by atoms with Crippen LogP contribution in [0.5, 0.6) is 0 Å². The van der Waals surface area contributed by atoms with Crippen LogP contribution in [0.4, 0.5) is 0 Å². The van der Waals surface area contributed by atoms with Gasteiger partial charge in [0.25, 0.3) is 0 Å². The van der Waals surface area contributed by atoms with Crippen LogP contribution in [0.25, 0.3) is 0 Å². The highest BCUT2D eigenvalue weighted by Gasteiger charge is 2.32. The lowest BCUT2D eigenvalue weighted by Gasteiger charge is -2.38. The topological polar surface area (TPSA) is 22.1 Å². The normalized spacial score (nSPS) is 28.1. The predicted octanol–water partition coefficient (Wildman–Crippen LogP) is 1.80. The summed E-state index contributed by atoms with van der Waals surface area (Å²) in [5.74, 6) is 0. The van der Waals surface area contributed by atoms with Crippen LogP contribution < -0.4 is 0 Å². The van der Waals surface area contributed by atoms with Crippen molar-refractivity contribution in [3.05, 3.63) is 30.1 Å². The van der Waals surface area contributed by atoms with E-state index in [-0.39, 0.29) is 5.60 Å². The van der Waals surface area contributed by atoms with Crippen molar-refractivity contribution in [2.24, 2.45) is 0 Å². The van der Waals surface area contributed by atoms with Gasteiger partial charge in [-0.15, -0.1) is 0 Å². The summed E-state index contributed by atoms with van der Waals surface area (Å²) < 4.78 is 5.50. The van der Waals surface area contributed by atoms with E-state index >= 15 is 0 Å². The third kappa shape index (κ3) is 1.48. The van der Waals surface area contributed by atoms with Gasteiger partial charge in [0.05, 0.1) is 12.2 Å². The lowest BCUT2D eigenvalue weighted by Crippen LogP contribution is -2.42. The maximum atomic E-state index is 5.50. The molecule has 2 rings (SSSR count). The van der Waals surface area contributed by atoms with Crippen LogP contribution >= 0.6 is 0 Å². The van der Waals surface area contributed by atoms with E-state index in [0.717, 1.165) is 13.0 Å². The number of ether oxygens (including phenoxy) is 1. The molecule has 1 aromatic rings. The standard InChI is InChI=1S/C10H13NO/c1-10(4-7-12-10)8-9-2-5-11-6-3-9/h2-3,5-6H,4,7-8H2,1H3. The molecular weight excluding hydrogens is 150 g/mol. The fraction of sp³-hybridized carbons (Fsp3) is 0.500. The molecule has 2 nitrogen and oxygen atoms in total. The number of hydrogen-bond donors (Lipinski definition) is 0. The van der Waals surface area contributed by atoms with Gasteiger partial charge in [-0.2, -0.15) is 0 Å². The molecule has 0 spiro atoms. The molecule has 1 saturated heterocycles. The molecule has 0 N–H and O–H groups in total. The Morgan fingerprint density at radius 1 is 1.50 bits per heavy atom. The van der Waals surface area contributed by atoms with E-state index < -0.39 is 0 Å². The Bertz CT molecular complexity index is 254. The first-order valence-corrected chi connectivity index (χ1v) is 4.31. The summed E-state index contributed by atoms with van der Waals surface area (Å²) in [6.45, 7) is 3.08. The summed E-state index contributed by atoms with van der Waals surface area (Å²) in [7, 11) is 0. The quantitative estimate of drug-likeness (QED) is 0.663. The van der Waals surface area contributed by atoms with Gasteiger partial charge in [0, 0.05) is 18.8 Å². The SMILES string of the molecule is CC1(Cc2ccncc2)CCO1. The summed E-state index contributed by atoms with van der Waals surface area (Å²) in [6, 6.07) is 4.10. The zero-order chi connectivity index (χ0) is 8.44. The molecule has 12 heavy (non-hydrogen) atoms. The number of pyridine rings is 1. The Labute approximate surface area is 72.6 Å². The highest BCUT2D eigenvalue weighted by Crippen LogP contribution is 2.29. The van der Waals surface area contributed by atoms with Crippen LogP contribution in [-0.4, -0.2) is 17.2 Å². The van der Waals surface area contributed by atoms with Crippen LogP contribution in [0.2, 0.25) is 0 Å². The monoisotopic (exact) mass is 163 g/mol. The Kier molecular flexibility index (Phi) is 1.85. The van der Waals surface area contributed by atoms with Crippen LogP contribution in [-0.2, 0) is 11.2 Å². The van der Waals surface area contributed by atoms with Crippen LogP contribution in [0.1, 0.15) is 18.9 Å². The van der Waals surface area contributed by atoms with Crippen molar-refractivity contribution < 1.29 is 4.74 Å². The number of nitrogens with zero attached hydrogens (tertiary/aromatic N) is 1. The second kappa shape index (κ2) is 2.87. The van der Waals surface area contributed by atoms with E-state index in [9.17, 15) is 0 Å². The van der Waals surface area contributed by atoms with Gasteiger partial charge in [-0.1, -0.05) is 0 Å². The van der Waals surface area contributed by atoms with Crippen molar-refractivity contribution in [1.29, 1.82) is 0 Å². The Morgan fingerprint density at radius 3 is 2.67 bits per heavy atom. The summed E-state index contributed by atoms with van der Waals surface area (Å²) >= 11 is 0. The van der Waals surface area contributed by atoms with Crippen LogP contribution in [0, 0.1) is 0 Å². The van der Waals surface area contributed by atoms with Crippen LogP contribution in [0.3, 0.4) is 0 Å². The van der Waals surface area contributed by atoms with Gasteiger partial charge in [0.1, 0.15) is 0 Å². The Hall–Kier alpha value is -0.890. The molecule has 2 heteroatoms. The lowest BCUT2D eigenvalue weighted by molar-refractivity contribution is -0.132. The van der Waals surface area contributed by atoms with Gasteiger partial charge in [-0.05, 0) is 31.0 Å². The highest BCUT2D eigenvalue weighted by molar-refractivity contribution is 5.13. The molecule has 0 aliphatic carbocycles. The molecule has 1 atom stereocenters. The molecule has 0 aromatic carbocycles. The molecule has 64 valence electrons. The zero-order valence-electron chi connectivity index (χ0n) is 7.29. The number of rotatable bonds is 2. The minimum Gasteiger partial charge on any atom is -0.375 e. The second-order valence-electron chi connectivity index (χ2n) is 3.58. The minimum absolute atomic E-state index is 0.0986. The summed E-state index contributed by atoms with van der Waals surface area (Å²) in [6.07, 6.45) is 5.85. The minimum atomic E-state index is 0.0986. The summed E-state index contributed by atoms with van der Waals surface area (Å²) in [5, 5.41) is 0. The molecule has 1 aliphatic heterocycles. The average Bonchev–Trinajstić information content (AvgIpc) is 2.04. The maximum Gasteiger partial charge on any atom is 0.0716 e. The van der Waals surface area contributed by atoms with Gasteiger partial charge in [-0.3, -0.25) is 4.98 Å². The molecular formula is C10H13NO. The van der Waals surface area contributed by atoms with Crippen LogP contribution in [0.15, 0.2) is 24.5 Å². The third-order valence-electron chi connectivity index (χ3n) is 2.41. The molecule has 1 fully saturated rings. The lowest BCUT2D eigenvalue weighted by atomic mass is 9.90. The van der Waals surface area contributed by atoms with Gasteiger partial charge >= 0.3 is 0 Å². The van der Waals surface area contributed by atoms with Crippen molar-refractivity contribution in [1.82, 2.24) is 4.98 Å². The van der Waals surface area contributed by atoms with E-state index in [1.165, 1.54) is 12.0 Å². The predicted molar refractivity (Wildman–Crippen MR) is 46.9 cm³/mol. The molecule has 0 radical (unpaired) electrons. The van der Waals surface area contributed by atoms with Crippen molar-refractivity contribution in [3.63, 3.8) is 0 Å². The molecule has 0 amide bonds. The van der Waals surface area contributed by atoms with E-state index in [0.29, 0.717) is 0 Å². The first-order valence-electron chi connectivity index (χ1n) is 4.31. The first kappa shape index (κ1) is 7.74. The first-order chi connectivity index (χ1) is 5.79. The van der Waals surface area contributed by atoms with Crippen molar-refractivity contribution >= 4 is 0 Å². The molecule has 0 saturated carbocycles. The molecule has 1 unspecified atom stereocenters. The highest BCUT2D eigenvalue weighted by atomic mass is 16.5. The van der Waals surface area contributed by atoms with Gasteiger partial charge < -0.3 is 4.74 Å². The van der Waals surface area contributed by atoms with E-state index in [4.69, 9.17) is 4.74 Å². The van der Waals surface area contributed by atoms with Gasteiger partial charge in [0.2, 0.25) is 0 Å². The van der Waals surface area contributed by atoms with E-state index in [2.05, 4.69) is 11.9 Å². The van der Waals surface area contributed by atoms with Gasteiger partial charge in [0.15, 0.2) is 0 Å². The van der Waals surface area contributed by atoms with Crippen molar-refractivity contribution in [2.75, 3.05) is 6.61 Å². The number of aromatic nitrogens is 1. The Balaban J connectivity index is 2.04. The fourth-order valence-electron chi connectivity index (χ4n) is 1.52.